The van der Waals surface area contributed by atoms with Gasteiger partial charge < -0.3 is 14.9 Å². The van der Waals surface area contributed by atoms with Crippen molar-refractivity contribution in [1.29, 1.82) is 0 Å². The minimum atomic E-state index is -0.560. The molecule has 0 fully saturated rings. The molecule has 4 heteroatoms. The monoisotopic (exact) mass is 147 g/mol. The van der Waals surface area contributed by atoms with E-state index in [9.17, 15) is 0 Å². The molecule has 1 aliphatic heterocycles. The summed E-state index contributed by atoms with van der Waals surface area (Å²) in [6.45, 7) is 3.01. The van der Waals surface area contributed by atoms with E-state index >= 15 is 0 Å². The van der Waals surface area contributed by atoms with E-state index in [-0.39, 0.29) is 6.61 Å². The van der Waals surface area contributed by atoms with Gasteiger partial charge in [-0.05, 0) is 6.92 Å². The molecule has 1 aliphatic rings. The zero-order valence-corrected chi connectivity index (χ0v) is 6.03. The smallest absolute Gasteiger partial charge is 0.169 e. The first-order chi connectivity index (χ1) is 4.77. The summed E-state index contributed by atoms with van der Waals surface area (Å²) < 4.78 is 4.65. The van der Waals surface area contributed by atoms with Crippen LogP contribution in [0.5, 0.6) is 0 Å². The quantitative estimate of drug-likeness (QED) is 0.521. The highest BCUT2D eigenvalue weighted by molar-refractivity contribution is 5.47. The summed E-state index contributed by atoms with van der Waals surface area (Å²) in [5, 5.41) is 16.0. The van der Waals surface area contributed by atoms with Gasteiger partial charge in [0.15, 0.2) is 6.40 Å². The van der Waals surface area contributed by atoms with Gasteiger partial charge in [0.05, 0.1) is 19.3 Å². The number of ether oxygens (including phenoxy) is 1. The van der Waals surface area contributed by atoms with Crippen molar-refractivity contribution in [2.24, 2.45) is 4.99 Å². The molecule has 1 heterocycles. The zero-order chi connectivity index (χ0) is 7.82. The van der Waals surface area contributed by atoms with Gasteiger partial charge in [0, 0.05) is 0 Å². The van der Waals surface area contributed by atoms with Crippen LogP contribution < -0.4 is 0 Å². The summed E-state index contributed by atoms with van der Waals surface area (Å²) in [6, 6.07) is 0. The number of hydrogen-bond donors (Lipinski definition) is 2. The molecule has 0 aliphatic carbocycles. The summed E-state index contributed by atoms with van der Waals surface area (Å²) in [6.07, 6.45) is 0.926. The van der Waals surface area contributed by atoms with Crippen LogP contribution in [0.15, 0.2) is 4.99 Å². The summed E-state index contributed by atoms with van der Waals surface area (Å²) in [4.78, 5) is 3.74. The van der Waals surface area contributed by atoms with Crippen LogP contribution in [-0.4, -0.2) is 42.5 Å². The minimum Gasteiger partial charge on any atom is -0.482 e. The third kappa shape index (κ3) is 7.39. The van der Waals surface area contributed by atoms with E-state index in [1.807, 2.05) is 0 Å². The number of hydrogen-bond acceptors (Lipinski definition) is 4. The first kappa shape index (κ1) is 9.39. The van der Waals surface area contributed by atoms with E-state index in [0.717, 1.165) is 13.2 Å². The van der Waals surface area contributed by atoms with Gasteiger partial charge in [-0.1, -0.05) is 0 Å². The fraction of sp³-hybridized carbons (Fsp3) is 0.833. The molecule has 0 aromatic carbocycles. The Morgan fingerprint density at radius 3 is 2.50 bits per heavy atom. The molecule has 1 rings (SSSR count). The standard InChI is InChI=1S/C3H5NO.C3H8O2/c1-2-5-3-4-1;1-3(5)2-4/h3H,1-2H2;3-5H,2H2,1H3. The molecule has 0 amide bonds. The predicted molar refractivity (Wildman–Crippen MR) is 38.1 cm³/mol. The molecule has 4 nitrogen and oxygen atoms in total. The van der Waals surface area contributed by atoms with Crippen LogP contribution in [0.1, 0.15) is 6.92 Å². The molecular weight excluding hydrogens is 134 g/mol. The van der Waals surface area contributed by atoms with E-state index in [1.54, 1.807) is 0 Å². The lowest BCUT2D eigenvalue weighted by atomic mass is 10.5. The molecule has 0 saturated carbocycles. The Morgan fingerprint density at radius 2 is 2.40 bits per heavy atom. The van der Waals surface area contributed by atoms with Crippen molar-refractivity contribution in [2.75, 3.05) is 19.8 Å². The normalized spacial score (nSPS) is 17.1. The number of nitrogens with zero attached hydrogens (tertiary/aromatic N) is 1. The summed E-state index contributed by atoms with van der Waals surface area (Å²) >= 11 is 0. The maximum Gasteiger partial charge on any atom is 0.169 e. The molecule has 0 aromatic rings. The topological polar surface area (TPSA) is 62.0 Å². The Kier molecular flexibility index (Phi) is 6.11. The number of rotatable bonds is 1. The van der Waals surface area contributed by atoms with E-state index in [2.05, 4.69) is 9.73 Å². The number of aliphatic hydroxyl groups is 2. The third-order valence-electron chi connectivity index (χ3n) is 0.752. The van der Waals surface area contributed by atoms with Crippen LogP contribution in [0.4, 0.5) is 0 Å². The van der Waals surface area contributed by atoms with Crippen molar-refractivity contribution in [3.05, 3.63) is 0 Å². The van der Waals surface area contributed by atoms with Gasteiger partial charge >= 0.3 is 0 Å². The van der Waals surface area contributed by atoms with Gasteiger partial charge in [-0.25, -0.2) is 0 Å². The molecule has 0 saturated heterocycles. The Labute approximate surface area is 60.2 Å². The van der Waals surface area contributed by atoms with E-state index in [0.29, 0.717) is 0 Å². The predicted octanol–water partition coefficient (Wildman–Crippen LogP) is -0.596. The second-order valence-corrected chi connectivity index (χ2v) is 1.91. The highest BCUT2D eigenvalue weighted by atomic mass is 16.5. The van der Waals surface area contributed by atoms with Gasteiger partial charge in [0.2, 0.25) is 0 Å². The van der Waals surface area contributed by atoms with Gasteiger partial charge in [0.1, 0.15) is 6.61 Å². The van der Waals surface area contributed by atoms with Gasteiger partial charge in [-0.3, -0.25) is 4.99 Å². The zero-order valence-electron chi connectivity index (χ0n) is 6.03. The lowest BCUT2D eigenvalue weighted by molar-refractivity contribution is 0.110. The fourth-order valence-corrected chi connectivity index (χ4v) is 0.264. The highest BCUT2D eigenvalue weighted by Crippen LogP contribution is 1.78. The maximum atomic E-state index is 8.11. The van der Waals surface area contributed by atoms with E-state index in [1.165, 1.54) is 13.3 Å². The van der Waals surface area contributed by atoms with E-state index < -0.39 is 6.10 Å². The Hall–Kier alpha value is -0.610. The average Bonchev–Trinajstić information content (AvgIpc) is 2.43. The molecule has 10 heavy (non-hydrogen) atoms. The largest absolute Gasteiger partial charge is 0.482 e. The van der Waals surface area contributed by atoms with Crippen molar-refractivity contribution in [3.63, 3.8) is 0 Å². The van der Waals surface area contributed by atoms with Gasteiger partial charge in [-0.15, -0.1) is 0 Å². The van der Waals surface area contributed by atoms with Crippen LogP contribution in [0.3, 0.4) is 0 Å². The summed E-state index contributed by atoms with van der Waals surface area (Å²) in [5.74, 6) is 0. The number of aliphatic imine (C=N–C) groups is 1. The molecule has 2 N–H and O–H groups in total. The molecule has 0 bridgehead atoms. The lowest BCUT2D eigenvalue weighted by Crippen LogP contribution is -2.03. The Morgan fingerprint density at radius 1 is 1.80 bits per heavy atom. The highest BCUT2D eigenvalue weighted by Gasteiger charge is 1.84. The third-order valence-corrected chi connectivity index (χ3v) is 0.752. The van der Waals surface area contributed by atoms with Crippen molar-refractivity contribution in [2.45, 2.75) is 13.0 Å². The molecule has 1 atom stereocenters. The fourth-order valence-electron chi connectivity index (χ4n) is 0.264. The summed E-state index contributed by atoms with van der Waals surface area (Å²) in [5.41, 5.74) is 0. The summed E-state index contributed by atoms with van der Waals surface area (Å²) in [7, 11) is 0. The van der Waals surface area contributed by atoms with Crippen LogP contribution >= 0.6 is 0 Å². The van der Waals surface area contributed by atoms with Crippen LogP contribution in [0, 0.1) is 0 Å². The molecule has 0 aromatic heterocycles. The van der Waals surface area contributed by atoms with Crippen LogP contribution in [0.25, 0.3) is 0 Å². The molecule has 60 valence electrons. The van der Waals surface area contributed by atoms with Crippen molar-refractivity contribution in [1.82, 2.24) is 0 Å². The molecule has 1 unspecified atom stereocenters. The van der Waals surface area contributed by atoms with Crippen molar-refractivity contribution in [3.8, 4) is 0 Å². The first-order valence-electron chi connectivity index (χ1n) is 3.16. The second-order valence-electron chi connectivity index (χ2n) is 1.91. The minimum absolute atomic E-state index is 0.139. The molecule has 0 spiro atoms. The van der Waals surface area contributed by atoms with Crippen LogP contribution in [0.2, 0.25) is 0 Å². The average molecular weight is 147 g/mol. The maximum absolute atomic E-state index is 8.11. The Balaban J connectivity index is 0.000000162. The lowest BCUT2D eigenvalue weighted by Gasteiger charge is -1.90. The van der Waals surface area contributed by atoms with Crippen molar-refractivity contribution >= 4 is 6.40 Å². The van der Waals surface area contributed by atoms with Crippen LogP contribution in [-0.2, 0) is 4.74 Å². The van der Waals surface area contributed by atoms with Gasteiger partial charge in [-0.2, -0.15) is 0 Å². The molecular formula is C6H13NO3. The van der Waals surface area contributed by atoms with E-state index in [4.69, 9.17) is 10.2 Å². The first-order valence-corrected chi connectivity index (χ1v) is 3.16. The Bertz CT molecular complexity index is 87.0. The van der Waals surface area contributed by atoms with Gasteiger partial charge in [0.25, 0.3) is 0 Å². The second kappa shape index (κ2) is 6.51. The van der Waals surface area contributed by atoms with Crippen molar-refractivity contribution < 1.29 is 14.9 Å². The SMILES string of the molecule is C1=NCCO1.CC(O)CO. The number of aliphatic hydroxyl groups excluding tert-OH is 2. The molecule has 0 radical (unpaired) electrons.